The Bertz CT molecular complexity index is 588. The zero-order valence-corrected chi connectivity index (χ0v) is 16.9. The molecule has 0 aliphatic rings. The van der Waals surface area contributed by atoms with Gasteiger partial charge in [-0.2, -0.15) is 0 Å². The monoisotopic (exact) mass is 393 g/mol. The van der Waals surface area contributed by atoms with Crippen LogP contribution in [0.3, 0.4) is 0 Å². The van der Waals surface area contributed by atoms with Crippen molar-refractivity contribution in [3.63, 3.8) is 0 Å². The van der Waals surface area contributed by atoms with Crippen molar-refractivity contribution in [3.8, 4) is 5.75 Å². The summed E-state index contributed by atoms with van der Waals surface area (Å²) < 4.78 is 0. The molecule has 0 heterocycles. The van der Waals surface area contributed by atoms with E-state index in [0.717, 1.165) is 31.2 Å². The molecule has 158 valence electrons. The Morgan fingerprint density at radius 2 is 1.29 bits per heavy atom. The van der Waals surface area contributed by atoms with Crippen molar-refractivity contribution in [1.29, 1.82) is 0 Å². The lowest BCUT2D eigenvalue weighted by Gasteiger charge is -2.07. The topological polar surface area (TPSA) is 101 Å². The van der Waals surface area contributed by atoms with Gasteiger partial charge >= 0.3 is 5.97 Å². The Labute approximate surface area is 168 Å². The summed E-state index contributed by atoms with van der Waals surface area (Å²) in [4.78, 5) is 21.0. The molecule has 0 unspecified atom stereocenters. The fraction of sp³-hybridized carbons (Fsp3) is 0.682. The molecule has 0 spiro atoms. The second kappa shape index (κ2) is 14.9. The largest absolute Gasteiger partial charge is 0.507 e. The first kappa shape index (κ1) is 23.9. The van der Waals surface area contributed by atoms with Gasteiger partial charge in [-0.05, 0) is 30.9 Å². The van der Waals surface area contributed by atoms with Gasteiger partial charge in [0.1, 0.15) is 11.3 Å². The molecule has 0 saturated heterocycles. The van der Waals surface area contributed by atoms with Gasteiger partial charge in [-0.25, -0.2) is 4.79 Å². The van der Waals surface area contributed by atoms with Crippen LogP contribution in [0.15, 0.2) is 18.2 Å². The number of nitrogens with zero attached hydrogens (tertiary/aromatic N) is 1. The Morgan fingerprint density at radius 3 is 1.75 bits per heavy atom. The number of unbranched alkanes of at least 4 members (excludes halogenated alkanes) is 12. The molecule has 1 aromatic rings. The molecular weight excluding hydrogens is 358 g/mol. The van der Waals surface area contributed by atoms with Crippen molar-refractivity contribution in [3.05, 3.63) is 39.4 Å². The van der Waals surface area contributed by atoms with E-state index in [1.807, 2.05) is 0 Å². The Balaban J connectivity index is 1.92. The van der Waals surface area contributed by atoms with E-state index >= 15 is 0 Å². The van der Waals surface area contributed by atoms with Gasteiger partial charge < -0.3 is 10.2 Å². The number of aromatic carboxylic acids is 1. The van der Waals surface area contributed by atoms with Crippen molar-refractivity contribution in [2.24, 2.45) is 0 Å². The molecule has 0 aromatic heterocycles. The summed E-state index contributed by atoms with van der Waals surface area (Å²) >= 11 is 0. The van der Waals surface area contributed by atoms with Gasteiger partial charge in [0.15, 0.2) is 0 Å². The number of rotatable bonds is 17. The third kappa shape index (κ3) is 10.9. The average Bonchev–Trinajstić information content (AvgIpc) is 2.65. The van der Waals surface area contributed by atoms with Crippen LogP contribution in [0.25, 0.3) is 0 Å². The van der Waals surface area contributed by atoms with Crippen molar-refractivity contribution in [2.45, 2.75) is 89.9 Å². The molecule has 0 radical (unpaired) electrons. The number of hydrogen-bond donors (Lipinski definition) is 2. The third-order valence-corrected chi connectivity index (χ3v) is 5.14. The Hall–Kier alpha value is -2.11. The second-order valence-corrected chi connectivity index (χ2v) is 7.52. The first-order chi connectivity index (χ1) is 13.5. The number of benzene rings is 1. The van der Waals surface area contributed by atoms with E-state index in [4.69, 9.17) is 5.11 Å². The standard InChI is InChI=1S/C22H35NO5/c24-21-19(16-14-17-20(21)22(25)26)15-12-10-8-6-4-2-1-3-5-7-9-11-13-18-23(27)28/h14,16-17,24H,1-13,15,18H2,(H,25,26). The molecule has 1 aromatic carbocycles. The van der Waals surface area contributed by atoms with E-state index in [2.05, 4.69) is 0 Å². The van der Waals surface area contributed by atoms with Crippen LogP contribution >= 0.6 is 0 Å². The normalized spacial score (nSPS) is 10.9. The summed E-state index contributed by atoms with van der Waals surface area (Å²) in [6, 6.07) is 4.91. The highest BCUT2D eigenvalue weighted by atomic mass is 16.6. The molecule has 1 rings (SSSR count). The van der Waals surface area contributed by atoms with Crippen LogP contribution in [0.2, 0.25) is 0 Å². The van der Waals surface area contributed by atoms with E-state index in [9.17, 15) is 20.0 Å². The average molecular weight is 394 g/mol. The van der Waals surface area contributed by atoms with Gasteiger partial charge in [0.2, 0.25) is 6.54 Å². The number of aryl methyl sites for hydroxylation is 1. The molecule has 0 aliphatic carbocycles. The van der Waals surface area contributed by atoms with E-state index in [-0.39, 0.29) is 22.8 Å². The van der Waals surface area contributed by atoms with Crippen LogP contribution in [-0.2, 0) is 6.42 Å². The van der Waals surface area contributed by atoms with E-state index in [0.29, 0.717) is 12.8 Å². The van der Waals surface area contributed by atoms with Gasteiger partial charge in [-0.3, -0.25) is 10.1 Å². The predicted octanol–water partition coefficient (Wildman–Crippen LogP) is 5.98. The van der Waals surface area contributed by atoms with E-state index < -0.39 is 5.97 Å². The van der Waals surface area contributed by atoms with Crippen LogP contribution < -0.4 is 0 Å². The summed E-state index contributed by atoms with van der Waals surface area (Å²) in [5, 5.41) is 29.2. The summed E-state index contributed by atoms with van der Waals surface area (Å²) in [5.41, 5.74) is 0.701. The lowest BCUT2D eigenvalue weighted by Crippen LogP contribution is -1.99. The van der Waals surface area contributed by atoms with E-state index in [1.54, 1.807) is 12.1 Å². The molecule has 0 saturated carbocycles. The molecule has 6 nitrogen and oxygen atoms in total. The van der Waals surface area contributed by atoms with Gasteiger partial charge in [0, 0.05) is 11.3 Å². The van der Waals surface area contributed by atoms with Crippen molar-refractivity contribution in [2.75, 3.05) is 6.54 Å². The summed E-state index contributed by atoms with van der Waals surface area (Å²) in [6.07, 6.45) is 15.4. The van der Waals surface area contributed by atoms with Crippen molar-refractivity contribution < 1.29 is 19.9 Å². The number of hydrogen-bond acceptors (Lipinski definition) is 4. The van der Waals surface area contributed by atoms with Gasteiger partial charge in [0.25, 0.3) is 0 Å². The number of carboxylic acids is 1. The maximum Gasteiger partial charge on any atom is 0.339 e. The Kier molecular flexibility index (Phi) is 12.7. The molecule has 0 bridgehead atoms. The highest BCUT2D eigenvalue weighted by Gasteiger charge is 2.12. The fourth-order valence-electron chi connectivity index (χ4n) is 3.47. The number of para-hydroxylation sites is 1. The van der Waals surface area contributed by atoms with Gasteiger partial charge in [-0.1, -0.05) is 76.3 Å². The SMILES string of the molecule is O=C(O)c1cccc(CCCCCCCCCCCCCCC[N+](=O)[O-])c1O. The van der Waals surface area contributed by atoms with Crippen LogP contribution in [0.4, 0.5) is 0 Å². The minimum Gasteiger partial charge on any atom is -0.507 e. The van der Waals surface area contributed by atoms with Crippen LogP contribution in [-0.4, -0.2) is 27.7 Å². The molecule has 6 heteroatoms. The second-order valence-electron chi connectivity index (χ2n) is 7.52. The first-order valence-electron chi connectivity index (χ1n) is 10.7. The summed E-state index contributed by atoms with van der Waals surface area (Å²) in [5.74, 6) is -1.18. The summed E-state index contributed by atoms with van der Waals surface area (Å²) in [7, 11) is 0. The van der Waals surface area contributed by atoms with Crippen molar-refractivity contribution in [1.82, 2.24) is 0 Å². The maximum absolute atomic E-state index is 11.0. The van der Waals surface area contributed by atoms with Gasteiger partial charge in [-0.15, -0.1) is 0 Å². The molecule has 2 N–H and O–H groups in total. The quantitative estimate of drug-likeness (QED) is 0.193. The fourth-order valence-corrected chi connectivity index (χ4v) is 3.47. The number of carboxylic acid groups (broad SMARTS) is 1. The number of phenols is 1. The number of carbonyl (C=O) groups is 1. The third-order valence-electron chi connectivity index (χ3n) is 5.14. The molecule has 0 aliphatic heterocycles. The number of aromatic hydroxyl groups is 1. The molecule has 28 heavy (non-hydrogen) atoms. The van der Waals surface area contributed by atoms with Crippen LogP contribution in [0.5, 0.6) is 5.75 Å². The highest BCUT2D eigenvalue weighted by molar-refractivity contribution is 5.91. The zero-order valence-electron chi connectivity index (χ0n) is 16.9. The van der Waals surface area contributed by atoms with Crippen LogP contribution in [0, 0.1) is 10.1 Å². The zero-order chi connectivity index (χ0) is 20.6. The maximum atomic E-state index is 11.0. The molecular formula is C22H35NO5. The van der Waals surface area contributed by atoms with Crippen LogP contribution in [0.1, 0.15) is 99.4 Å². The molecule has 0 atom stereocenters. The lowest BCUT2D eigenvalue weighted by atomic mass is 10.0. The minimum absolute atomic E-state index is 0.0194. The highest BCUT2D eigenvalue weighted by Crippen LogP contribution is 2.24. The van der Waals surface area contributed by atoms with E-state index in [1.165, 1.54) is 57.4 Å². The minimum atomic E-state index is -1.09. The summed E-state index contributed by atoms with van der Waals surface area (Å²) in [6.45, 7) is 0.107. The smallest absolute Gasteiger partial charge is 0.339 e. The lowest BCUT2D eigenvalue weighted by molar-refractivity contribution is -0.480. The molecule has 0 amide bonds. The first-order valence-corrected chi connectivity index (χ1v) is 10.7. The molecule has 0 fully saturated rings. The van der Waals surface area contributed by atoms with Crippen molar-refractivity contribution >= 4 is 5.97 Å². The number of nitro groups is 1. The van der Waals surface area contributed by atoms with Gasteiger partial charge in [0.05, 0.1) is 0 Å². The Morgan fingerprint density at radius 1 is 0.821 bits per heavy atom. The predicted molar refractivity (Wildman–Crippen MR) is 111 cm³/mol.